The van der Waals surface area contributed by atoms with Crippen molar-refractivity contribution in [3.8, 4) is 0 Å². The van der Waals surface area contributed by atoms with Crippen molar-refractivity contribution in [2.45, 2.75) is 17.7 Å². The van der Waals surface area contributed by atoms with E-state index in [1.165, 1.54) is 28.6 Å². The lowest BCUT2D eigenvalue weighted by atomic mass is 10.2. The smallest absolute Gasteiger partial charge is 0.255 e. The van der Waals surface area contributed by atoms with Crippen molar-refractivity contribution in [1.82, 2.24) is 4.31 Å². The number of carbonyl (C=O) groups is 1. The lowest BCUT2D eigenvalue weighted by molar-refractivity contribution is 0.102. The van der Waals surface area contributed by atoms with E-state index in [-0.39, 0.29) is 10.8 Å². The quantitative estimate of drug-likeness (QED) is 0.799. The number of nitrogens with zero attached hydrogens (tertiary/aromatic N) is 1. The van der Waals surface area contributed by atoms with Crippen molar-refractivity contribution < 1.29 is 13.2 Å². The summed E-state index contributed by atoms with van der Waals surface area (Å²) in [5, 5.41) is 3.11. The Kier molecular flexibility index (Phi) is 4.99. The van der Waals surface area contributed by atoms with E-state index in [9.17, 15) is 13.2 Å². The monoisotopic (exact) mass is 379 g/mol. The molecule has 1 heterocycles. The summed E-state index contributed by atoms with van der Waals surface area (Å²) < 4.78 is 26.4. The van der Waals surface area contributed by atoms with Gasteiger partial charge in [0.1, 0.15) is 0 Å². The average molecular weight is 380 g/mol. The van der Waals surface area contributed by atoms with Gasteiger partial charge in [-0.25, -0.2) is 8.42 Å². The number of benzene rings is 2. The van der Waals surface area contributed by atoms with E-state index in [1.807, 2.05) is 0 Å². The second-order valence-corrected chi connectivity index (χ2v) is 8.17. The number of sulfonamides is 1. The molecule has 0 unspecified atom stereocenters. The third-order valence-corrected chi connectivity index (χ3v) is 6.33. The SMILES string of the molecule is Nc1cc(NC(=O)c2ccc(S(=O)(=O)N3CCCC3)cc2)ccc1Cl. The van der Waals surface area contributed by atoms with E-state index in [4.69, 9.17) is 17.3 Å². The van der Waals surface area contributed by atoms with Gasteiger partial charge in [-0.2, -0.15) is 4.31 Å². The predicted octanol–water partition coefficient (Wildman–Crippen LogP) is 2.96. The fourth-order valence-electron chi connectivity index (χ4n) is 2.68. The molecule has 0 aliphatic carbocycles. The first kappa shape index (κ1) is 17.7. The third kappa shape index (κ3) is 3.78. The number of nitrogen functional groups attached to an aromatic ring is 1. The van der Waals surface area contributed by atoms with Gasteiger partial charge in [0.05, 0.1) is 15.6 Å². The van der Waals surface area contributed by atoms with Crippen LogP contribution in [0.25, 0.3) is 0 Å². The van der Waals surface area contributed by atoms with Crippen molar-refractivity contribution in [3.63, 3.8) is 0 Å². The van der Waals surface area contributed by atoms with Crippen LogP contribution in [-0.4, -0.2) is 31.7 Å². The Labute approximate surface area is 151 Å². The van der Waals surface area contributed by atoms with E-state index in [2.05, 4.69) is 5.32 Å². The molecule has 0 bridgehead atoms. The maximum Gasteiger partial charge on any atom is 0.255 e. The standard InChI is InChI=1S/C17H18ClN3O3S/c18-15-8-5-13(11-16(15)19)20-17(22)12-3-6-14(7-4-12)25(23,24)21-9-1-2-10-21/h3-8,11H,1-2,9-10,19H2,(H,20,22). The number of hydrogen-bond donors (Lipinski definition) is 2. The maximum atomic E-state index is 12.5. The first-order valence-corrected chi connectivity index (χ1v) is 9.66. The van der Waals surface area contributed by atoms with E-state index in [0.29, 0.717) is 35.1 Å². The molecule has 2 aromatic rings. The zero-order valence-electron chi connectivity index (χ0n) is 13.4. The van der Waals surface area contributed by atoms with Crippen LogP contribution in [0.3, 0.4) is 0 Å². The second kappa shape index (κ2) is 7.03. The van der Waals surface area contributed by atoms with Gasteiger partial charge in [0.15, 0.2) is 0 Å². The average Bonchev–Trinajstić information content (AvgIpc) is 3.14. The summed E-state index contributed by atoms with van der Waals surface area (Å²) in [6.07, 6.45) is 1.76. The van der Waals surface area contributed by atoms with E-state index < -0.39 is 10.0 Å². The van der Waals surface area contributed by atoms with E-state index in [1.54, 1.807) is 18.2 Å². The topological polar surface area (TPSA) is 92.5 Å². The van der Waals surface area contributed by atoms with Gasteiger partial charge in [-0.1, -0.05) is 11.6 Å². The number of carbonyl (C=O) groups excluding carboxylic acids is 1. The molecule has 3 N–H and O–H groups in total. The van der Waals surface area contributed by atoms with Crippen molar-refractivity contribution in [2.75, 3.05) is 24.1 Å². The molecule has 0 atom stereocenters. The fourth-order valence-corrected chi connectivity index (χ4v) is 4.32. The molecule has 3 rings (SSSR count). The Bertz CT molecular complexity index is 892. The highest BCUT2D eigenvalue weighted by molar-refractivity contribution is 7.89. The van der Waals surface area contributed by atoms with E-state index in [0.717, 1.165) is 12.8 Å². The molecule has 1 aliphatic heterocycles. The normalized spacial score (nSPS) is 15.2. The fraction of sp³-hybridized carbons (Fsp3) is 0.235. The highest BCUT2D eigenvalue weighted by Crippen LogP contribution is 2.24. The van der Waals surface area contributed by atoms with Gasteiger partial charge in [-0.05, 0) is 55.3 Å². The Hall–Kier alpha value is -2.09. The third-order valence-electron chi connectivity index (χ3n) is 4.07. The summed E-state index contributed by atoms with van der Waals surface area (Å²) in [5.74, 6) is -0.355. The molecule has 0 radical (unpaired) electrons. The molecule has 0 aromatic heterocycles. The van der Waals surface area contributed by atoms with Crippen LogP contribution in [0.2, 0.25) is 5.02 Å². The zero-order chi connectivity index (χ0) is 18.0. The number of anilines is 2. The van der Waals surface area contributed by atoms with Crippen LogP contribution >= 0.6 is 11.6 Å². The molecule has 0 spiro atoms. The molecule has 0 saturated carbocycles. The van der Waals surface area contributed by atoms with Gasteiger partial charge in [0.25, 0.3) is 5.91 Å². The van der Waals surface area contributed by atoms with Gasteiger partial charge in [-0.3, -0.25) is 4.79 Å². The summed E-state index contributed by atoms with van der Waals surface area (Å²) in [4.78, 5) is 12.5. The number of nitrogens with two attached hydrogens (primary N) is 1. The molecule has 8 heteroatoms. The van der Waals surface area contributed by atoms with Crippen LogP contribution < -0.4 is 11.1 Å². The van der Waals surface area contributed by atoms with Gasteiger partial charge in [-0.15, -0.1) is 0 Å². The minimum Gasteiger partial charge on any atom is -0.397 e. The van der Waals surface area contributed by atoms with Crippen molar-refractivity contribution >= 4 is 38.9 Å². The zero-order valence-corrected chi connectivity index (χ0v) is 15.0. The molecule has 2 aromatic carbocycles. The van der Waals surface area contributed by atoms with Crippen LogP contribution in [-0.2, 0) is 10.0 Å². The molecule has 6 nitrogen and oxygen atoms in total. The maximum absolute atomic E-state index is 12.5. The number of rotatable bonds is 4. The number of halogens is 1. The van der Waals surface area contributed by atoms with Gasteiger partial charge in [0.2, 0.25) is 10.0 Å². The molecule has 132 valence electrons. The molecule has 1 fully saturated rings. The van der Waals surface area contributed by atoms with E-state index >= 15 is 0 Å². The Morgan fingerprint density at radius 1 is 1.08 bits per heavy atom. The Morgan fingerprint density at radius 3 is 2.32 bits per heavy atom. The molecular formula is C17H18ClN3O3S. The number of amides is 1. The Balaban J connectivity index is 1.75. The lowest BCUT2D eigenvalue weighted by Crippen LogP contribution is -2.27. The van der Waals surface area contributed by atoms with Crippen LogP contribution in [0.4, 0.5) is 11.4 Å². The number of nitrogens with one attached hydrogen (secondary N) is 1. The lowest BCUT2D eigenvalue weighted by Gasteiger charge is -2.15. The summed E-state index contributed by atoms with van der Waals surface area (Å²) in [5.41, 5.74) is 6.95. The van der Waals surface area contributed by atoms with Crippen molar-refractivity contribution in [1.29, 1.82) is 0 Å². The number of hydrogen-bond acceptors (Lipinski definition) is 4. The molecule has 1 saturated heterocycles. The minimum atomic E-state index is -3.48. The van der Waals surface area contributed by atoms with Crippen LogP contribution in [0.15, 0.2) is 47.4 Å². The summed E-state index contributed by atoms with van der Waals surface area (Å²) in [6, 6.07) is 10.7. The highest BCUT2D eigenvalue weighted by Gasteiger charge is 2.27. The van der Waals surface area contributed by atoms with Crippen LogP contribution in [0.1, 0.15) is 23.2 Å². The largest absolute Gasteiger partial charge is 0.397 e. The van der Waals surface area contributed by atoms with Crippen LogP contribution in [0.5, 0.6) is 0 Å². The summed E-state index contributed by atoms with van der Waals surface area (Å²) in [7, 11) is -3.48. The van der Waals surface area contributed by atoms with Gasteiger partial charge >= 0.3 is 0 Å². The highest BCUT2D eigenvalue weighted by atomic mass is 35.5. The molecule has 25 heavy (non-hydrogen) atoms. The summed E-state index contributed by atoms with van der Waals surface area (Å²) in [6.45, 7) is 1.09. The molecular weight excluding hydrogens is 362 g/mol. The second-order valence-electron chi connectivity index (χ2n) is 5.83. The van der Waals surface area contributed by atoms with Crippen molar-refractivity contribution in [2.24, 2.45) is 0 Å². The Morgan fingerprint density at radius 2 is 1.72 bits per heavy atom. The van der Waals surface area contributed by atoms with Gasteiger partial charge < -0.3 is 11.1 Å². The van der Waals surface area contributed by atoms with Gasteiger partial charge in [0, 0.05) is 24.3 Å². The molecule has 1 aliphatic rings. The first-order valence-electron chi connectivity index (χ1n) is 7.84. The molecule has 1 amide bonds. The van der Waals surface area contributed by atoms with Crippen LogP contribution in [0, 0.1) is 0 Å². The first-order chi connectivity index (χ1) is 11.9. The minimum absolute atomic E-state index is 0.196. The summed E-state index contributed by atoms with van der Waals surface area (Å²) >= 11 is 5.85. The van der Waals surface area contributed by atoms with Crippen molar-refractivity contribution in [3.05, 3.63) is 53.1 Å². The predicted molar refractivity (Wildman–Crippen MR) is 98.3 cm³/mol.